The molecule has 0 aliphatic heterocycles. The Morgan fingerprint density at radius 3 is 2.74 bits per heavy atom. The van der Waals surface area contributed by atoms with E-state index in [0.29, 0.717) is 15.7 Å². The average molecular weight is 348 g/mol. The van der Waals surface area contributed by atoms with Crippen LogP contribution in [-0.2, 0) is 11.2 Å². The Bertz CT molecular complexity index is 899. The molecule has 1 N–H and O–H groups in total. The first-order valence-electron chi connectivity index (χ1n) is 7.17. The molecule has 118 valence electrons. The second kappa shape index (κ2) is 6.26. The molecule has 0 aliphatic rings. The number of hydrogen-bond acceptors (Lipinski definition) is 2. The summed E-state index contributed by atoms with van der Waals surface area (Å²) in [6.45, 7) is 4.04. The van der Waals surface area contributed by atoms with Gasteiger partial charge in [-0.15, -0.1) is 0 Å². The molecule has 3 nitrogen and oxygen atoms in total. The summed E-state index contributed by atoms with van der Waals surface area (Å²) in [5.74, 6) is -0.171. The van der Waals surface area contributed by atoms with Crippen LogP contribution in [0.25, 0.3) is 11.0 Å². The van der Waals surface area contributed by atoms with E-state index in [4.69, 9.17) is 27.6 Å². The van der Waals surface area contributed by atoms with Gasteiger partial charge in [0.1, 0.15) is 5.58 Å². The van der Waals surface area contributed by atoms with Gasteiger partial charge >= 0.3 is 0 Å². The van der Waals surface area contributed by atoms with Crippen molar-refractivity contribution in [1.29, 1.82) is 0 Å². The van der Waals surface area contributed by atoms with Crippen molar-refractivity contribution < 1.29 is 9.21 Å². The number of fused-ring (bicyclic) bond motifs is 1. The lowest BCUT2D eigenvalue weighted by molar-refractivity contribution is -0.115. The van der Waals surface area contributed by atoms with E-state index in [9.17, 15) is 4.79 Å². The molecule has 0 atom stereocenters. The number of halogens is 2. The SMILES string of the molecule is Cc1ccc2c(CC(=O)Nc3cc(Cl)ccc3Cl)coc2c1C. The topological polar surface area (TPSA) is 42.2 Å². The fraction of sp³-hybridized carbons (Fsp3) is 0.167. The molecule has 3 aromatic rings. The molecule has 0 saturated carbocycles. The normalized spacial score (nSPS) is 11.0. The zero-order valence-corrected chi connectivity index (χ0v) is 14.3. The van der Waals surface area contributed by atoms with Crippen molar-refractivity contribution in [3.05, 3.63) is 63.3 Å². The fourth-order valence-corrected chi connectivity index (χ4v) is 2.82. The minimum absolute atomic E-state index is 0.171. The monoisotopic (exact) mass is 347 g/mol. The summed E-state index contributed by atoms with van der Waals surface area (Å²) in [4.78, 5) is 12.3. The number of furan rings is 1. The lowest BCUT2D eigenvalue weighted by Gasteiger charge is -2.07. The van der Waals surface area contributed by atoms with Gasteiger partial charge in [0.25, 0.3) is 0 Å². The third kappa shape index (κ3) is 3.21. The highest BCUT2D eigenvalue weighted by Crippen LogP contribution is 2.28. The van der Waals surface area contributed by atoms with E-state index in [1.807, 2.05) is 26.0 Å². The Balaban J connectivity index is 1.83. The van der Waals surface area contributed by atoms with Crippen molar-refractivity contribution >= 4 is 45.8 Å². The van der Waals surface area contributed by atoms with Crippen molar-refractivity contribution in [3.8, 4) is 0 Å². The van der Waals surface area contributed by atoms with Crippen LogP contribution in [-0.4, -0.2) is 5.91 Å². The van der Waals surface area contributed by atoms with E-state index in [1.165, 1.54) is 0 Å². The molecular weight excluding hydrogens is 333 g/mol. The Kier molecular flexibility index (Phi) is 4.33. The summed E-state index contributed by atoms with van der Waals surface area (Å²) < 4.78 is 5.63. The molecule has 0 spiro atoms. The van der Waals surface area contributed by atoms with Crippen LogP contribution in [0.1, 0.15) is 16.7 Å². The molecule has 1 amide bonds. The Morgan fingerprint density at radius 1 is 1.17 bits per heavy atom. The molecule has 0 aliphatic carbocycles. The molecule has 0 unspecified atom stereocenters. The van der Waals surface area contributed by atoms with Crippen LogP contribution in [0.3, 0.4) is 0 Å². The van der Waals surface area contributed by atoms with Gasteiger partial charge in [-0.1, -0.05) is 35.3 Å². The molecular formula is C18H15Cl2NO2. The maximum absolute atomic E-state index is 12.3. The number of benzene rings is 2. The second-order valence-electron chi connectivity index (χ2n) is 5.49. The second-order valence-corrected chi connectivity index (χ2v) is 6.34. The Labute approximate surface area is 144 Å². The van der Waals surface area contributed by atoms with Crippen molar-refractivity contribution in [3.63, 3.8) is 0 Å². The summed E-state index contributed by atoms with van der Waals surface area (Å²) in [5, 5.41) is 4.71. The van der Waals surface area contributed by atoms with Crippen molar-refractivity contribution in [2.75, 3.05) is 5.32 Å². The Morgan fingerprint density at radius 2 is 1.96 bits per heavy atom. The molecule has 0 fully saturated rings. The predicted octanol–water partition coefficient (Wildman–Crippen LogP) is 5.54. The molecule has 0 saturated heterocycles. The maximum Gasteiger partial charge on any atom is 0.228 e. The van der Waals surface area contributed by atoms with Crippen LogP contribution in [0.15, 0.2) is 41.0 Å². The van der Waals surface area contributed by atoms with Crippen LogP contribution in [0.5, 0.6) is 0 Å². The number of anilines is 1. The summed E-state index contributed by atoms with van der Waals surface area (Å²) in [7, 11) is 0. The molecule has 0 radical (unpaired) electrons. The minimum Gasteiger partial charge on any atom is -0.464 e. The highest BCUT2D eigenvalue weighted by molar-refractivity contribution is 6.35. The van der Waals surface area contributed by atoms with Crippen LogP contribution in [0.4, 0.5) is 5.69 Å². The number of amides is 1. The summed E-state index contributed by atoms with van der Waals surface area (Å²) in [6, 6.07) is 8.97. The highest BCUT2D eigenvalue weighted by atomic mass is 35.5. The largest absolute Gasteiger partial charge is 0.464 e. The van der Waals surface area contributed by atoms with E-state index in [2.05, 4.69) is 5.32 Å². The Hall–Kier alpha value is -1.97. The van der Waals surface area contributed by atoms with Crippen LogP contribution in [0, 0.1) is 13.8 Å². The quantitative estimate of drug-likeness (QED) is 0.675. The molecule has 3 rings (SSSR count). The average Bonchev–Trinajstić information content (AvgIpc) is 2.90. The lowest BCUT2D eigenvalue weighted by Crippen LogP contribution is -2.14. The maximum atomic E-state index is 12.3. The first kappa shape index (κ1) is 15.9. The van der Waals surface area contributed by atoms with Crippen molar-refractivity contribution in [1.82, 2.24) is 0 Å². The van der Waals surface area contributed by atoms with Gasteiger partial charge in [0, 0.05) is 16.0 Å². The van der Waals surface area contributed by atoms with E-state index in [0.717, 1.165) is 27.7 Å². The van der Waals surface area contributed by atoms with Gasteiger partial charge in [-0.3, -0.25) is 4.79 Å². The zero-order valence-electron chi connectivity index (χ0n) is 12.7. The number of aryl methyl sites for hydroxylation is 2. The predicted molar refractivity (Wildman–Crippen MR) is 94.5 cm³/mol. The van der Waals surface area contributed by atoms with Gasteiger partial charge in [0.05, 0.1) is 23.4 Å². The van der Waals surface area contributed by atoms with Crippen molar-refractivity contribution in [2.45, 2.75) is 20.3 Å². The van der Waals surface area contributed by atoms with Crippen molar-refractivity contribution in [2.24, 2.45) is 0 Å². The first-order chi connectivity index (χ1) is 11.0. The van der Waals surface area contributed by atoms with Gasteiger partial charge in [-0.25, -0.2) is 0 Å². The van der Waals surface area contributed by atoms with Gasteiger partial charge in [-0.2, -0.15) is 0 Å². The van der Waals surface area contributed by atoms with E-state index in [1.54, 1.807) is 24.5 Å². The van der Waals surface area contributed by atoms with Gasteiger partial charge in [-0.05, 0) is 43.2 Å². The third-order valence-electron chi connectivity index (χ3n) is 3.90. The van der Waals surface area contributed by atoms with Crippen LogP contribution >= 0.6 is 23.2 Å². The van der Waals surface area contributed by atoms with Gasteiger partial charge in [0.15, 0.2) is 0 Å². The molecule has 1 heterocycles. The standard InChI is InChI=1S/C18H15Cl2NO2/c1-10-3-5-14-12(9-23-18(14)11(10)2)7-17(22)21-16-8-13(19)4-6-15(16)20/h3-6,8-9H,7H2,1-2H3,(H,21,22). The van der Waals surface area contributed by atoms with Gasteiger partial charge < -0.3 is 9.73 Å². The van der Waals surface area contributed by atoms with Crippen LogP contribution < -0.4 is 5.32 Å². The van der Waals surface area contributed by atoms with E-state index < -0.39 is 0 Å². The number of hydrogen-bond donors (Lipinski definition) is 1. The fourth-order valence-electron chi connectivity index (χ4n) is 2.49. The van der Waals surface area contributed by atoms with Crippen LogP contribution in [0.2, 0.25) is 10.0 Å². The molecule has 1 aromatic heterocycles. The minimum atomic E-state index is -0.171. The number of nitrogens with one attached hydrogen (secondary N) is 1. The number of carbonyl (C=O) groups excluding carboxylic acids is 1. The zero-order chi connectivity index (χ0) is 16.6. The lowest BCUT2D eigenvalue weighted by atomic mass is 10.0. The van der Waals surface area contributed by atoms with E-state index in [-0.39, 0.29) is 12.3 Å². The highest BCUT2D eigenvalue weighted by Gasteiger charge is 2.14. The number of carbonyl (C=O) groups is 1. The number of rotatable bonds is 3. The third-order valence-corrected chi connectivity index (χ3v) is 4.46. The van der Waals surface area contributed by atoms with E-state index >= 15 is 0 Å². The van der Waals surface area contributed by atoms with Gasteiger partial charge in [0.2, 0.25) is 5.91 Å². The summed E-state index contributed by atoms with van der Waals surface area (Å²) in [5.41, 5.74) is 4.43. The molecule has 0 bridgehead atoms. The smallest absolute Gasteiger partial charge is 0.228 e. The summed E-state index contributed by atoms with van der Waals surface area (Å²) >= 11 is 12.0. The summed E-state index contributed by atoms with van der Waals surface area (Å²) in [6.07, 6.45) is 1.84. The molecule has 23 heavy (non-hydrogen) atoms. The molecule has 2 aromatic carbocycles. The first-order valence-corrected chi connectivity index (χ1v) is 7.92. The molecule has 5 heteroatoms.